The van der Waals surface area contributed by atoms with Gasteiger partial charge in [0.15, 0.2) is 0 Å². The molecule has 31 heavy (non-hydrogen) atoms. The molecule has 2 aromatic carbocycles. The largest absolute Gasteiger partial charge is 0.456 e. The van der Waals surface area contributed by atoms with Crippen molar-refractivity contribution in [1.82, 2.24) is 14.7 Å². The highest BCUT2D eigenvalue weighted by atomic mass is 16.5. The first-order chi connectivity index (χ1) is 15.1. The van der Waals surface area contributed by atoms with Crippen LogP contribution in [0.2, 0.25) is 0 Å². The van der Waals surface area contributed by atoms with E-state index in [-0.39, 0.29) is 12.5 Å². The van der Waals surface area contributed by atoms with Crippen LogP contribution in [0.15, 0.2) is 54.6 Å². The van der Waals surface area contributed by atoms with Crippen LogP contribution in [0.1, 0.15) is 45.7 Å². The number of rotatable bonds is 6. The van der Waals surface area contributed by atoms with E-state index in [0.717, 1.165) is 24.2 Å². The molecule has 0 unspecified atom stereocenters. The molecule has 1 saturated heterocycles. The van der Waals surface area contributed by atoms with E-state index in [9.17, 15) is 14.9 Å². The Morgan fingerprint density at radius 1 is 1.19 bits per heavy atom. The van der Waals surface area contributed by atoms with Crippen molar-refractivity contribution in [2.24, 2.45) is 0 Å². The fourth-order valence-corrected chi connectivity index (χ4v) is 3.74. The predicted octanol–water partition coefficient (Wildman–Crippen LogP) is 3.53. The SMILES string of the molecule is Cc1nn(-c2ccccc2)c(COC(=O)c2cccc(CN3CCCC3=O)c2)c1C#N. The fourth-order valence-electron chi connectivity index (χ4n) is 3.74. The Balaban J connectivity index is 1.51. The zero-order chi connectivity index (χ0) is 21.8. The third-order valence-corrected chi connectivity index (χ3v) is 5.32. The summed E-state index contributed by atoms with van der Waals surface area (Å²) in [4.78, 5) is 26.4. The molecule has 4 rings (SSSR count). The fraction of sp³-hybridized carbons (Fsp3) is 0.250. The van der Waals surface area contributed by atoms with Gasteiger partial charge in [0, 0.05) is 19.5 Å². The van der Waals surface area contributed by atoms with Gasteiger partial charge in [-0.2, -0.15) is 10.4 Å². The molecule has 7 nitrogen and oxygen atoms in total. The van der Waals surface area contributed by atoms with Gasteiger partial charge in [-0.05, 0) is 43.2 Å². The summed E-state index contributed by atoms with van der Waals surface area (Å²) in [5, 5.41) is 14.0. The van der Waals surface area contributed by atoms with Gasteiger partial charge in [0.25, 0.3) is 0 Å². The predicted molar refractivity (Wildman–Crippen MR) is 113 cm³/mol. The Kier molecular flexibility index (Phi) is 5.80. The van der Waals surface area contributed by atoms with Gasteiger partial charge < -0.3 is 9.64 Å². The molecule has 1 aliphatic heterocycles. The van der Waals surface area contributed by atoms with Crippen molar-refractivity contribution in [2.45, 2.75) is 32.9 Å². The van der Waals surface area contributed by atoms with Gasteiger partial charge in [-0.25, -0.2) is 9.48 Å². The number of esters is 1. The quantitative estimate of drug-likeness (QED) is 0.576. The normalized spacial score (nSPS) is 13.3. The van der Waals surface area contributed by atoms with Gasteiger partial charge in [0.05, 0.1) is 22.6 Å². The van der Waals surface area contributed by atoms with Gasteiger partial charge in [-0.15, -0.1) is 0 Å². The Bertz CT molecular complexity index is 1160. The Morgan fingerprint density at radius 3 is 2.71 bits per heavy atom. The number of aryl methyl sites for hydroxylation is 1. The molecular weight excluding hydrogens is 392 g/mol. The average molecular weight is 414 g/mol. The van der Waals surface area contributed by atoms with Crippen LogP contribution in [-0.4, -0.2) is 33.1 Å². The molecule has 0 bridgehead atoms. The molecule has 1 amide bonds. The number of ether oxygens (including phenoxy) is 1. The maximum absolute atomic E-state index is 12.7. The number of nitriles is 1. The van der Waals surface area contributed by atoms with Crippen LogP contribution >= 0.6 is 0 Å². The van der Waals surface area contributed by atoms with E-state index in [4.69, 9.17) is 4.74 Å². The molecule has 1 aliphatic rings. The maximum Gasteiger partial charge on any atom is 0.338 e. The number of nitrogens with zero attached hydrogens (tertiary/aromatic N) is 4. The second-order valence-electron chi connectivity index (χ2n) is 7.46. The lowest BCUT2D eigenvalue weighted by Crippen LogP contribution is -2.23. The van der Waals surface area contributed by atoms with Gasteiger partial charge in [-0.1, -0.05) is 30.3 Å². The molecule has 1 fully saturated rings. The van der Waals surface area contributed by atoms with E-state index in [1.807, 2.05) is 36.4 Å². The zero-order valence-electron chi connectivity index (χ0n) is 17.2. The topological polar surface area (TPSA) is 88.2 Å². The second-order valence-corrected chi connectivity index (χ2v) is 7.46. The van der Waals surface area contributed by atoms with Crippen LogP contribution in [0.5, 0.6) is 0 Å². The minimum Gasteiger partial charge on any atom is -0.456 e. The molecule has 2 heterocycles. The third kappa shape index (κ3) is 4.33. The van der Waals surface area contributed by atoms with Crippen LogP contribution < -0.4 is 0 Å². The van der Waals surface area contributed by atoms with Crippen molar-refractivity contribution < 1.29 is 14.3 Å². The highest BCUT2D eigenvalue weighted by molar-refractivity contribution is 5.89. The summed E-state index contributed by atoms with van der Waals surface area (Å²) < 4.78 is 7.18. The molecule has 1 aromatic heterocycles. The third-order valence-electron chi connectivity index (χ3n) is 5.32. The minimum absolute atomic E-state index is 0.0771. The first kappa shape index (κ1) is 20.4. The van der Waals surface area contributed by atoms with Crippen molar-refractivity contribution in [3.05, 3.63) is 82.7 Å². The number of likely N-dealkylation sites (tertiary alicyclic amines) is 1. The van der Waals surface area contributed by atoms with E-state index < -0.39 is 5.97 Å². The monoisotopic (exact) mass is 414 g/mol. The van der Waals surface area contributed by atoms with E-state index in [2.05, 4.69) is 11.2 Å². The van der Waals surface area contributed by atoms with Crippen molar-refractivity contribution in [3.8, 4) is 11.8 Å². The van der Waals surface area contributed by atoms with Crippen molar-refractivity contribution in [3.63, 3.8) is 0 Å². The summed E-state index contributed by atoms with van der Waals surface area (Å²) in [6.45, 7) is 2.91. The summed E-state index contributed by atoms with van der Waals surface area (Å²) in [6, 6.07) is 18.7. The van der Waals surface area contributed by atoms with Crippen LogP contribution in [0.3, 0.4) is 0 Å². The molecule has 0 atom stereocenters. The van der Waals surface area contributed by atoms with Gasteiger partial charge >= 0.3 is 5.97 Å². The summed E-state index contributed by atoms with van der Waals surface area (Å²) in [5.74, 6) is -0.349. The summed E-state index contributed by atoms with van der Waals surface area (Å²) in [6.07, 6.45) is 1.45. The molecule has 0 N–H and O–H groups in total. The van der Waals surface area contributed by atoms with E-state index in [0.29, 0.717) is 35.5 Å². The number of hydrogen-bond acceptors (Lipinski definition) is 5. The maximum atomic E-state index is 12.7. The smallest absolute Gasteiger partial charge is 0.338 e. The van der Waals surface area contributed by atoms with Crippen LogP contribution in [-0.2, 0) is 22.7 Å². The number of carbonyl (C=O) groups excluding carboxylic acids is 2. The molecule has 7 heteroatoms. The lowest BCUT2D eigenvalue weighted by molar-refractivity contribution is -0.128. The van der Waals surface area contributed by atoms with Crippen molar-refractivity contribution in [2.75, 3.05) is 6.54 Å². The van der Waals surface area contributed by atoms with Crippen LogP contribution in [0.4, 0.5) is 0 Å². The molecular formula is C24H22N4O3. The Hall–Kier alpha value is -3.92. The first-order valence-electron chi connectivity index (χ1n) is 10.1. The molecule has 156 valence electrons. The number of benzene rings is 2. The number of carbonyl (C=O) groups is 2. The second kappa shape index (κ2) is 8.84. The molecule has 0 spiro atoms. The summed E-state index contributed by atoms with van der Waals surface area (Å²) in [7, 11) is 0. The highest BCUT2D eigenvalue weighted by Gasteiger charge is 2.21. The van der Waals surface area contributed by atoms with Crippen molar-refractivity contribution in [1.29, 1.82) is 5.26 Å². The van der Waals surface area contributed by atoms with Gasteiger partial charge in [0.2, 0.25) is 5.91 Å². The number of para-hydroxylation sites is 1. The average Bonchev–Trinajstić information content (AvgIpc) is 3.34. The molecule has 0 radical (unpaired) electrons. The minimum atomic E-state index is -0.489. The Morgan fingerprint density at radius 2 is 2.00 bits per heavy atom. The highest BCUT2D eigenvalue weighted by Crippen LogP contribution is 2.20. The first-order valence-corrected chi connectivity index (χ1v) is 10.1. The zero-order valence-corrected chi connectivity index (χ0v) is 17.2. The molecule has 3 aromatic rings. The van der Waals surface area contributed by atoms with E-state index >= 15 is 0 Å². The summed E-state index contributed by atoms with van der Waals surface area (Å²) in [5.41, 5.74) is 3.58. The van der Waals surface area contributed by atoms with Gasteiger partial charge in [-0.3, -0.25) is 4.79 Å². The number of amides is 1. The Labute approximate surface area is 180 Å². The van der Waals surface area contributed by atoms with Crippen LogP contribution in [0, 0.1) is 18.3 Å². The molecule has 0 aliphatic carbocycles. The van der Waals surface area contributed by atoms with Crippen LogP contribution in [0.25, 0.3) is 5.69 Å². The van der Waals surface area contributed by atoms with E-state index in [1.54, 1.807) is 34.7 Å². The van der Waals surface area contributed by atoms with Crippen molar-refractivity contribution >= 4 is 11.9 Å². The standard InChI is InChI=1S/C24H22N4O3/c1-17-21(14-25)22(28(26-17)20-9-3-2-4-10-20)16-31-24(30)19-8-5-7-18(13-19)15-27-12-6-11-23(27)29/h2-5,7-10,13H,6,11-12,15-16H2,1H3. The number of aromatic nitrogens is 2. The van der Waals surface area contributed by atoms with E-state index in [1.165, 1.54) is 0 Å². The summed E-state index contributed by atoms with van der Waals surface area (Å²) >= 11 is 0. The van der Waals surface area contributed by atoms with Gasteiger partial charge in [0.1, 0.15) is 18.2 Å². The number of hydrogen-bond donors (Lipinski definition) is 0. The molecule has 0 saturated carbocycles. The lowest BCUT2D eigenvalue weighted by Gasteiger charge is -2.16. The lowest BCUT2D eigenvalue weighted by atomic mass is 10.1.